The van der Waals surface area contributed by atoms with E-state index in [2.05, 4.69) is 15.4 Å². The van der Waals surface area contributed by atoms with Gasteiger partial charge < -0.3 is 15.7 Å². The number of rotatable bonds is 5. The van der Waals surface area contributed by atoms with Gasteiger partial charge in [-0.05, 0) is 73.7 Å². The summed E-state index contributed by atoms with van der Waals surface area (Å²) >= 11 is 1.43. The van der Waals surface area contributed by atoms with Crippen LogP contribution in [0.25, 0.3) is 0 Å². The lowest BCUT2D eigenvalue weighted by Crippen LogP contribution is -2.26. The highest BCUT2D eigenvalue weighted by Crippen LogP contribution is 2.36. The third-order valence-electron chi connectivity index (χ3n) is 4.71. The molecule has 3 aromatic rings. The van der Waals surface area contributed by atoms with Gasteiger partial charge >= 0.3 is 0 Å². The van der Waals surface area contributed by atoms with Crippen molar-refractivity contribution in [2.75, 3.05) is 15.4 Å². The predicted octanol–water partition coefficient (Wildman–Crippen LogP) is 3.88. The number of hydrogen-bond acceptors (Lipinski definition) is 6. The molecule has 0 spiro atoms. The molecule has 32 heavy (non-hydrogen) atoms. The molecule has 1 unspecified atom stereocenters. The molecule has 0 radical (unpaired) electrons. The number of anilines is 3. The Morgan fingerprint density at radius 1 is 1.00 bits per heavy atom. The molecule has 4 N–H and O–H groups in total. The van der Waals surface area contributed by atoms with Crippen molar-refractivity contribution in [2.45, 2.75) is 22.0 Å². The number of sulfonamides is 1. The molecule has 0 fully saturated rings. The molecular formula is C22H19N3O5S2. The number of fused-ring (bicyclic) bond motifs is 1. The lowest BCUT2D eigenvalue weighted by molar-refractivity contribution is -0.115. The highest BCUT2D eigenvalue weighted by Gasteiger charge is 2.24. The number of aromatic hydroxyl groups is 1. The van der Waals surface area contributed by atoms with Gasteiger partial charge in [-0.1, -0.05) is 0 Å². The Labute approximate surface area is 189 Å². The van der Waals surface area contributed by atoms with Crippen LogP contribution in [-0.4, -0.2) is 30.6 Å². The van der Waals surface area contributed by atoms with E-state index in [0.717, 1.165) is 4.90 Å². The van der Waals surface area contributed by atoms with Gasteiger partial charge in [-0.25, -0.2) is 8.42 Å². The van der Waals surface area contributed by atoms with E-state index in [1.807, 2.05) is 6.92 Å². The van der Waals surface area contributed by atoms with Gasteiger partial charge in [0.1, 0.15) is 5.75 Å². The second-order valence-corrected chi connectivity index (χ2v) is 10.2. The summed E-state index contributed by atoms with van der Waals surface area (Å²) in [4.78, 5) is 25.4. The minimum absolute atomic E-state index is 0.0196. The molecule has 1 atom stereocenters. The first-order valence-corrected chi connectivity index (χ1v) is 11.9. The van der Waals surface area contributed by atoms with Crippen molar-refractivity contribution >= 4 is 50.7 Å². The zero-order valence-corrected chi connectivity index (χ0v) is 18.5. The molecule has 2 amide bonds. The quantitative estimate of drug-likeness (QED) is 0.421. The first kappa shape index (κ1) is 21.7. The summed E-state index contributed by atoms with van der Waals surface area (Å²) in [7, 11) is -3.83. The third-order valence-corrected chi connectivity index (χ3v) is 7.29. The Morgan fingerprint density at radius 3 is 2.34 bits per heavy atom. The lowest BCUT2D eigenvalue weighted by Gasteiger charge is -2.21. The molecule has 164 valence electrons. The minimum atomic E-state index is -3.83. The molecule has 0 aromatic heterocycles. The van der Waals surface area contributed by atoms with Crippen LogP contribution >= 0.6 is 11.8 Å². The van der Waals surface area contributed by atoms with E-state index < -0.39 is 10.0 Å². The second kappa shape index (κ2) is 8.56. The summed E-state index contributed by atoms with van der Waals surface area (Å²) in [6, 6.07) is 16.4. The first-order chi connectivity index (χ1) is 15.2. The molecule has 0 saturated carbocycles. The summed E-state index contributed by atoms with van der Waals surface area (Å²) < 4.78 is 27.5. The number of phenolic OH excluding ortho intramolecular Hbond substituents is 1. The van der Waals surface area contributed by atoms with Crippen LogP contribution in [0.1, 0.15) is 17.3 Å². The molecule has 4 rings (SSSR count). The SMILES string of the molecule is CC1Sc2ccc(C(=O)Nc3ccc(S(=O)(=O)Nc4ccc(O)cc4)cc3)cc2NC1=O. The van der Waals surface area contributed by atoms with Gasteiger partial charge in [-0.15, -0.1) is 11.8 Å². The third kappa shape index (κ3) is 4.71. The number of amides is 2. The van der Waals surface area contributed by atoms with Crippen LogP contribution in [0.15, 0.2) is 76.5 Å². The Balaban J connectivity index is 1.45. The Hall–Kier alpha value is -3.50. The maximum absolute atomic E-state index is 12.6. The molecule has 0 aliphatic carbocycles. The van der Waals surface area contributed by atoms with Crippen molar-refractivity contribution < 1.29 is 23.1 Å². The summed E-state index contributed by atoms with van der Waals surface area (Å²) in [6.07, 6.45) is 0. The number of carbonyl (C=O) groups excluding carboxylic acids is 2. The lowest BCUT2D eigenvalue weighted by atomic mass is 10.1. The maximum Gasteiger partial charge on any atom is 0.261 e. The van der Waals surface area contributed by atoms with Crippen molar-refractivity contribution in [3.63, 3.8) is 0 Å². The normalized spacial score (nSPS) is 15.4. The van der Waals surface area contributed by atoms with Gasteiger partial charge in [-0.2, -0.15) is 0 Å². The molecule has 3 aromatic carbocycles. The fourth-order valence-electron chi connectivity index (χ4n) is 3.01. The highest BCUT2D eigenvalue weighted by atomic mass is 32.2. The monoisotopic (exact) mass is 469 g/mol. The Kier molecular flexibility index (Phi) is 5.81. The molecular weight excluding hydrogens is 450 g/mol. The summed E-state index contributed by atoms with van der Waals surface area (Å²) in [5.74, 6) is -0.469. The maximum atomic E-state index is 12.6. The average molecular weight is 470 g/mol. The van der Waals surface area contributed by atoms with Crippen molar-refractivity contribution in [3.8, 4) is 5.75 Å². The van der Waals surface area contributed by atoms with E-state index in [1.165, 1.54) is 60.3 Å². The largest absolute Gasteiger partial charge is 0.508 e. The van der Waals surface area contributed by atoms with Crippen molar-refractivity contribution in [2.24, 2.45) is 0 Å². The van der Waals surface area contributed by atoms with E-state index in [9.17, 15) is 23.1 Å². The topological polar surface area (TPSA) is 125 Å². The summed E-state index contributed by atoms with van der Waals surface area (Å²) in [6.45, 7) is 1.81. The first-order valence-electron chi connectivity index (χ1n) is 9.56. The van der Waals surface area contributed by atoms with Gasteiger partial charge in [0.15, 0.2) is 0 Å². The van der Waals surface area contributed by atoms with Crippen LogP contribution in [0.2, 0.25) is 0 Å². The number of phenols is 1. The minimum Gasteiger partial charge on any atom is -0.508 e. The number of hydrogen-bond donors (Lipinski definition) is 4. The summed E-state index contributed by atoms with van der Waals surface area (Å²) in [5.41, 5.74) is 1.69. The van der Waals surface area contributed by atoms with Crippen molar-refractivity contribution in [1.82, 2.24) is 0 Å². The van der Waals surface area contributed by atoms with Gasteiger partial charge in [0.05, 0.1) is 15.8 Å². The fraction of sp³-hybridized carbons (Fsp3) is 0.0909. The van der Waals surface area contributed by atoms with Gasteiger partial charge in [0, 0.05) is 21.8 Å². The van der Waals surface area contributed by atoms with Gasteiger partial charge in [0.25, 0.3) is 15.9 Å². The standard InChI is InChI=1S/C22H19N3O5S2/c1-13-21(27)24-19-12-14(2-11-20(19)31-13)22(28)23-15-5-9-18(10-6-15)32(29,30)25-16-3-7-17(26)8-4-16/h2-13,25-26H,1H3,(H,23,28)(H,24,27). The van der Waals surface area contributed by atoms with E-state index in [0.29, 0.717) is 22.6 Å². The van der Waals surface area contributed by atoms with Crippen LogP contribution in [0.5, 0.6) is 5.75 Å². The number of thioether (sulfide) groups is 1. The number of nitrogens with one attached hydrogen (secondary N) is 3. The number of carbonyl (C=O) groups is 2. The van der Waals surface area contributed by atoms with Crippen LogP contribution in [0, 0.1) is 0 Å². The summed E-state index contributed by atoms with van der Waals surface area (Å²) in [5, 5.41) is 14.6. The molecule has 1 aliphatic heterocycles. The zero-order chi connectivity index (χ0) is 22.9. The van der Waals surface area contributed by atoms with E-state index in [-0.39, 0.29) is 27.7 Å². The van der Waals surface area contributed by atoms with E-state index >= 15 is 0 Å². The van der Waals surface area contributed by atoms with Crippen LogP contribution < -0.4 is 15.4 Å². The van der Waals surface area contributed by atoms with E-state index in [4.69, 9.17) is 0 Å². The van der Waals surface area contributed by atoms with Crippen molar-refractivity contribution in [1.29, 1.82) is 0 Å². The second-order valence-electron chi connectivity index (χ2n) is 7.09. The fourth-order valence-corrected chi connectivity index (χ4v) is 5.00. The van der Waals surface area contributed by atoms with Gasteiger partial charge in [0.2, 0.25) is 5.91 Å². The number of benzene rings is 3. The van der Waals surface area contributed by atoms with Crippen LogP contribution in [-0.2, 0) is 14.8 Å². The van der Waals surface area contributed by atoms with Crippen LogP contribution in [0.3, 0.4) is 0 Å². The Morgan fingerprint density at radius 2 is 1.66 bits per heavy atom. The molecule has 10 heteroatoms. The molecule has 1 heterocycles. The zero-order valence-electron chi connectivity index (χ0n) is 16.8. The Bertz CT molecular complexity index is 1290. The molecule has 0 bridgehead atoms. The smallest absolute Gasteiger partial charge is 0.261 e. The average Bonchev–Trinajstić information content (AvgIpc) is 2.76. The predicted molar refractivity (Wildman–Crippen MR) is 124 cm³/mol. The molecule has 8 nitrogen and oxygen atoms in total. The van der Waals surface area contributed by atoms with Gasteiger partial charge in [-0.3, -0.25) is 14.3 Å². The highest BCUT2D eigenvalue weighted by molar-refractivity contribution is 8.01. The van der Waals surface area contributed by atoms with Crippen molar-refractivity contribution in [3.05, 3.63) is 72.3 Å². The molecule has 0 saturated heterocycles. The molecule has 1 aliphatic rings. The van der Waals surface area contributed by atoms with E-state index in [1.54, 1.807) is 18.2 Å². The van der Waals surface area contributed by atoms with Crippen LogP contribution in [0.4, 0.5) is 17.1 Å².